The van der Waals surface area contributed by atoms with E-state index >= 15 is 0 Å². The van der Waals surface area contributed by atoms with Crippen molar-refractivity contribution >= 4 is 16.6 Å². The van der Waals surface area contributed by atoms with E-state index in [1.807, 2.05) is 0 Å². The molecule has 1 aliphatic carbocycles. The van der Waals surface area contributed by atoms with Crippen molar-refractivity contribution in [2.24, 2.45) is 0 Å². The zero-order valence-electron chi connectivity index (χ0n) is 12.3. The van der Waals surface area contributed by atoms with E-state index in [1.54, 1.807) is 0 Å². The minimum absolute atomic E-state index is 0.115. The maximum absolute atomic E-state index is 12.2. The molecule has 20 heavy (non-hydrogen) atoms. The Morgan fingerprint density at radius 2 is 1.80 bits per heavy atom. The molecule has 2 aromatic rings. The number of pyridine rings is 1. The van der Waals surface area contributed by atoms with E-state index in [9.17, 15) is 4.79 Å². The molecule has 0 saturated heterocycles. The van der Waals surface area contributed by atoms with Crippen molar-refractivity contribution in [1.29, 1.82) is 0 Å². The van der Waals surface area contributed by atoms with Gasteiger partial charge >= 0.3 is 0 Å². The molecule has 0 unspecified atom stereocenters. The molecule has 1 aliphatic rings. The summed E-state index contributed by atoms with van der Waals surface area (Å²) < 4.78 is 0. The molecule has 1 heterocycles. The monoisotopic (exact) mass is 270 g/mol. The molecule has 106 valence electrons. The summed E-state index contributed by atoms with van der Waals surface area (Å²) in [4.78, 5) is 17.6. The van der Waals surface area contributed by atoms with Crippen LogP contribution in [0.15, 0.2) is 23.0 Å². The Morgan fingerprint density at radius 3 is 2.50 bits per heavy atom. The van der Waals surface area contributed by atoms with Crippen LogP contribution < -0.4 is 10.5 Å². The van der Waals surface area contributed by atoms with Gasteiger partial charge in [0.2, 0.25) is 0 Å². The molecule has 1 N–H and O–H groups in total. The van der Waals surface area contributed by atoms with Crippen molar-refractivity contribution in [2.75, 3.05) is 18.0 Å². The lowest BCUT2D eigenvalue weighted by molar-refractivity contribution is 0.682. The molecule has 0 atom stereocenters. The van der Waals surface area contributed by atoms with Crippen LogP contribution in [0.25, 0.3) is 10.9 Å². The number of benzene rings is 1. The van der Waals surface area contributed by atoms with Crippen LogP contribution in [0.4, 0.5) is 5.69 Å². The highest BCUT2D eigenvalue weighted by molar-refractivity contribution is 5.86. The summed E-state index contributed by atoms with van der Waals surface area (Å²) in [5.41, 5.74) is 4.58. The van der Waals surface area contributed by atoms with Gasteiger partial charge in [-0.1, -0.05) is 6.07 Å². The number of nitrogens with zero attached hydrogens (tertiary/aromatic N) is 1. The number of fused-ring (bicyclic) bond motifs is 3. The fourth-order valence-corrected chi connectivity index (χ4v) is 3.34. The van der Waals surface area contributed by atoms with Crippen molar-refractivity contribution in [3.8, 4) is 0 Å². The molecule has 0 bridgehead atoms. The zero-order valence-corrected chi connectivity index (χ0v) is 12.3. The second-order valence-electron chi connectivity index (χ2n) is 5.52. The van der Waals surface area contributed by atoms with Crippen molar-refractivity contribution < 1.29 is 0 Å². The van der Waals surface area contributed by atoms with Crippen molar-refractivity contribution in [3.63, 3.8) is 0 Å². The van der Waals surface area contributed by atoms with Gasteiger partial charge in [0.25, 0.3) is 5.56 Å². The zero-order chi connectivity index (χ0) is 14.1. The minimum Gasteiger partial charge on any atom is -0.372 e. The molecular formula is C17H22N2O. The average Bonchev–Trinajstić information content (AvgIpc) is 2.49. The first-order chi connectivity index (χ1) is 9.74. The molecule has 3 nitrogen and oxygen atoms in total. The maximum Gasteiger partial charge on any atom is 0.251 e. The lowest BCUT2D eigenvalue weighted by Gasteiger charge is -2.22. The van der Waals surface area contributed by atoms with Crippen LogP contribution in [-0.4, -0.2) is 18.1 Å². The number of nitrogens with one attached hydrogen (secondary N) is 1. The molecule has 0 radical (unpaired) electrons. The Hall–Kier alpha value is -1.77. The Balaban J connectivity index is 2.19. The number of hydrogen-bond acceptors (Lipinski definition) is 2. The Labute approximate surface area is 119 Å². The fourth-order valence-electron chi connectivity index (χ4n) is 3.34. The summed E-state index contributed by atoms with van der Waals surface area (Å²) in [5.74, 6) is 0. The van der Waals surface area contributed by atoms with Gasteiger partial charge in [-0.2, -0.15) is 0 Å². The van der Waals surface area contributed by atoms with Gasteiger partial charge in [-0.25, -0.2) is 0 Å². The van der Waals surface area contributed by atoms with Crippen LogP contribution in [0, 0.1) is 0 Å². The van der Waals surface area contributed by atoms with Gasteiger partial charge in [0, 0.05) is 29.7 Å². The summed E-state index contributed by atoms with van der Waals surface area (Å²) in [5, 5.41) is 1.23. The smallest absolute Gasteiger partial charge is 0.251 e. The molecule has 0 amide bonds. The third kappa shape index (κ3) is 2.11. The standard InChI is InChI=1S/C17H22N2O/c1-3-19(4-2)12-9-10-14-13-7-5-6-8-15(13)17(20)18-16(14)11-12/h9-11H,3-8H2,1-2H3,(H,18,20). The van der Waals surface area contributed by atoms with E-state index < -0.39 is 0 Å². The van der Waals surface area contributed by atoms with Crippen molar-refractivity contribution in [2.45, 2.75) is 39.5 Å². The van der Waals surface area contributed by atoms with Gasteiger partial charge in [0.15, 0.2) is 0 Å². The molecule has 3 heteroatoms. The third-order valence-electron chi connectivity index (χ3n) is 4.45. The van der Waals surface area contributed by atoms with Crippen LogP contribution in [0.5, 0.6) is 0 Å². The Bertz CT molecular complexity index is 683. The number of anilines is 1. The largest absolute Gasteiger partial charge is 0.372 e. The normalized spacial score (nSPS) is 14.3. The number of aromatic nitrogens is 1. The molecule has 3 rings (SSSR count). The van der Waals surface area contributed by atoms with E-state index in [0.29, 0.717) is 0 Å². The second kappa shape index (κ2) is 5.31. The summed E-state index contributed by atoms with van der Waals surface area (Å²) in [6.07, 6.45) is 4.31. The van der Waals surface area contributed by atoms with Crippen LogP contribution >= 0.6 is 0 Å². The first-order valence-electron chi connectivity index (χ1n) is 7.67. The molecule has 0 aliphatic heterocycles. The SMILES string of the molecule is CCN(CC)c1ccc2c3c(c(=O)[nH]c2c1)CCCC3. The Kier molecular flexibility index (Phi) is 3.51. The first kappa shape index (κ1) is 13.2. The number of hydrogen-bond donors (Lipinski definition) is 1. The molecule has 1 aromatic carbocycles. The highest BCUT2D eigenvalue weighted by atomic mass is 16.1. The summed E-state index contributed by atoms with van der Waals surface area (Å²) in [7, 11) is 0. The molecule has 0 saturated carbocycles. The van der Waals surface area contributed by atoms with Gasteiger partial charge < -0.3 is 9.88 Å². The molecular weight excluding hydrogens is 248 g/mol. The van der Waals surface area contributed by atoms with Crippen molar-refractivity contribution in [1.82, 2.24) is 4.98 Å². The maximum atomic E-state index is 12.2. The number of rotatable bonds is 3. The molecule has 0 fully saturated rings. The topological polar surface area (TPSA) is 36.1 Å². The van der Waals surface area contributed by atoms with Crippen LogP contribution in [0.1, 0.15) is 37.8 Å². The van der Waals surface area contributed by atoms with Gasteiger partial charge in [-0.15, -0.1) is 0 Å². The van der Waals surface area contributed by atoms with Crippen LogP contribution in [-0.2, 0) is 12.8 Å². The third-order valence-corrected chi connectivity index (χ3v) is 4.45. The summed E-state index contributed by atoms with van der Waals surface area (Å²) >= 11 is 0. The fraction of sp³-hybridized carbons (Fsp3) is 0.471. The lowest BCUT2D eigenvalue weighted by Crippen LogP contribution is -2.22. The average molecular weight is 270 g/mol. The van der Waals surface area contributed by atoms with E-state index in [2.05, 4.69) is 41.9 Å². The first-order valence-corrected chi connectivity index (χ1v) is 7.67. The van der Waals surface area contributed by atoms with Gasteiger partial charge in [0.05, 0.1) is 5.52 Å². The lowest BCUT2D eigenvalue weighted by atomic mass is 9.90. The summed E-state index contributed by atoms with van der Waals surface area (Å²) in [6, 6.07) is 6.49. The number of H-pyrrole nitrogens is 1. The second-order valence-corrected chi connectivity index (χ2v) is 5.52. The minimum atomic E-state index is 0.115. The van der Waals surface area contributed by atoms with E-state index in [-0.39, 0.29) is 5.56 Å². The molecule has 0 spiro atoms. The highest BCUT2D eigenvalue weighted by Crippen LogP contribution is 2.28. The van der Waals surface area contributed by atoms with Gasteiger partial charge in [-0.3, -0.25) is 4.79 Å². The van der Waals surface area contributed by atoms with Gasteiger partial charge in [-0.05, 0) is 57.2 Å². The number of aryl methyl sites for hydroxylation is 1. The van der Waals surface area contributed by atoms with Gasteiger partial charge in [0.1, 0.15) is 0 Å². The summed E-state index contributed by atoms with van der Waals surface area (Å²) in [6.45, 7) is 6.28. The van der Waals surface area contributed by atoms with E-state index in [4.69, 9.17) is 0 Å². The molecule has 1 aromatic heterocycles. The van der Waals surface area contributed by atoms with Crippen LogP contribution in [0.3, 0.4) is 0 Å². The van der Waals surface area contributed by atoms with E-state index in [0.717, 1.165) is 43.4 Å². The van der Waals surface area contributed by atoms with Crippen LogP contribution in [0.2, 0.25) is 0 Å². The quantitative estimate of drug-likeness (QED) is 0.929. The number of aromatic amines is 1. The predicted octanol–water partition coefficient (Wildman–Crippen LogP) is 3.25. The Morgan fingerprint density at radius 1 is 1.10 bits per heavy atom. The highest BCUT2D eigenvalue weighted by Gasteiger charge is 2.16. The van der Waals surface area contributed by atoms with E-state index in [1.165, 1.54) is 23.1 Å². The predicted molar refractivity (Wildman–Crippen MR) is 84.8 cm³/mol. The van der Waals surface area contributed by atoms with Crippen molar-refractivity contribution in [3.05, 3.63) is 39.7 Å².